The van der Waals surface area contributed by atoms with Gasteiger partial charge in [-0.05, 0) is 29.7 Å². The first-order valence-corrected chi connectivity index (χ1v) is 7.04. The van der Waals surface area contributed by atoms with E-state index in [0.717, 1.165) is 16.7 Å². The topological polar surface area (TPSA) is 62.1 Å². The minimum absolute atomic E-state index is 0.138. The first-order valence-electron chi connectivity index (χ1n) is 7.04. The highest BCUT2D eigenvalue weighted by molar-refractivity contribution is 5.80. The smallest absolute Gasteiger partial charge is 0.249 e. The largest absolute Gasteiger partial charge is 0.372 e. The molecule has 112 valence electrons. The van der Waals surface area contributed by atoms with E-state index in [4.69, 9.17) is 10.00 Å². The summed E-state index contributed by atoms with van der Waals surface area (Å²) in [6, 6.07) is 17.5. The van der Waals surface area contributed by atoms with Gasteiger partial charge in [-0.1, -0.05) is 42.5 Å². The van der Waals surface area contributed by atoms with Gasteiger partial charge in [0.2, 0.25) is 5.91 Å². The van der Waals surface area contributed by atoms with Crippen molar-refractivity contribution in [3.05, 3.63) is 59.7 Å². The van der Waals surface area contributed by atoms with Gasteiger partial charge in [0.05, 0.1) is 11.6 Å². The van der Waals surface area contributed by atoms with Crippen LogP contribution in [0.1, 0.15) is 18.1 Å². The summed E-state index contributed by atoms with van der Waals surface area (Å²) in [7, 11) is 1.51. The fourth-order valence-corrected chi connectivity index (χ4v) is 2.07. The van der Waals surface area contributed by atoms with Crippen LogP contribution in [-0.4, -0.2) is 19.1 Å². The average molecular weight is 294 g/mol. The molecule has 0 saturated carbocycles. The van der Waals surface area contributed by atoms with E-state index < -0.39 is 6.10 Å². The summed E-state index contributed by atoms with van der Waals surface area (Å²) in [4.78, 5) is 11.6. The zero-order chi connectivity index (χ0) is 15.9. The van der Waals surface area contributed by atoms with E-state index in [2.05, 4.69) is 11.4 Å². The second-order valence-electron chi connectivity index (χ2n) is 4.95. The molecule has 0 aliphatic carbocycles. The Labute approximate surface area is 130 Å². The van der Waals surface area contributed by atoms with E-state index in [1.165, 1.54) is 7.11 Å². The first-order chi connectivity index (χ1) is 10.7. The summed E-state index contributed by atoms with van der Waals surface area (Å²) in [6.45, 7) is 2.16. The third-order valence-corrected chi connectivity index (χ3v) is 3.50. The summed E-state index contributed by atoms with van der Waals surface area (Å²) in [5.41, 5.74) is 3.54. The molecule has 0 fully saturated rings. The van der Waals surface area contributed by atoms with Crippen molar-refractivity contribution in [2.75, 3.05) is 7.11 Å². The number of nitrogens with one attached hydrogen (secondary N) is 1. The van der Waals surface area contributed by atoms with Gasteiger partial charge >= 0.3 is 0 Å². The number of carbonyl (C=O) groups excluding carboxylic acids is 1. The molecule has 0 aliphatic rings. The zero-order valence-corrected chi connectivity index (χ0v) is 12.7. The van der Waals surface area contributed by atoms with Gasteiger partial charge in [-0.3, -0.25) is 4.79 Å². The lowest BCUT2D eigenvalue weighted by molar-refractivity contribution is -0.130. The van der Waals surface area contributed by atoms with Crippen LogP contribution in [0.25, 0.3) is 11.1 Å². The molecule has 1 amide bonds. The minimum atomic E-state index is -0.457. The third-order valence-electron chi connectivity index (χ3n) is 3.50. The molecule has 0 radical (unpaired) electrons. The Hall–Kier alpha value is -2.64. The molecule has 0 bridgehead atoms. The molecule has 1 atom stereocenters. The molecule has 0 aliphatic heterocycles. The van der Waals surface area contributed by atoms with Crippen molar-refractivity contribution >= 4 is 5.91 Å². The maximum absolute atomic E-state index is 11.6. The number of hydrogen-bond acceptors (Lipinski definition) is 3. The Morgan fingerprint density at radius 1 is 1.23 bits per heavy atom. The van der Waals surface area contributed by atoms with Gasteiger partial charge < -0.3 is 10.1 Å². The van der Waals surface area contributed by atoms with E-state index in [0.29, 0.717) is 12.1 Å². The van der Waals surface area contributed by atoms with Gasteiger partial charge in [-0.2, -0.15) is 5.26 Å². The zero-order valence-electron chi connectivity index (χ0n) is 12.7. The first kappa shape index (κ1) is 15.7. The van der Waals surface area contributed by atoms with Gasteiger partial charge in [0, 0.05) is 13.7 Å². The second kappa shape index (κ2) is 7.39. The van der Waals surface area contributed by atoms with Crippen molar-refractivity contribution in [2.24, 2.45) is 0 Å². The van der Waals surface area contributed by atoms with Gasteiger partial charge in [-0.25, -0.2) is 0 Å². The van der Waals surface area contributed by atoms with Gasteiger partial charge in [-0.15, -0.1) is 0 Å². The molecule has 1 N–H and O–H groups in total. The van der Waals surface area contributed by atoms with Crippen LogP contribution in [0.5, 0.6) is 0 Å². The van der Waals surface area contributed by atoms with Crippen molar-refractivity contribution in [1.29, 1.82) is 5.26 Å². The number of ether oxygens (including phenoxy) is 1. The lowest BCUT2D eigenvalue weighted by Crippen LogP contribution is -2.33. The van der Waals surface area contributed by atoms with Crippen molar-refractivity contribution in [3.8, 4) is 17.2 Å². The number of hydrogen-bond donors (Lipinski definition) is 1. The fraction of sp³-hybridized carbons (Fsp3) is 0.222. The molecule has 4 nitrogen and oxygen atoms in total. The number of amides is 1. The predicted molar refractivity (Wildman–Crippen MR) is 84.9 cm³/mol. The number of carbonyl (C=O) groups is 1. The van der Waals surface area contributed by atoms with Crippen LogP contribution >= 0.6 is 0 Å². The van der Waals surface area contributed by atoms with E-state index in [1.807, 2.05) is 42.5 Å². The molecule has 0 unspecified atom stereocenters. The highest BCUT2D eigenvalue weighted by Gasteiger charge is 2.10. The van der Waals surface area contributed by atoms with E-state index in [-0.39, 0.29) is 5.91 Å². The van der Waals surface area contributed by atoms with E-state index in [1.54, 1.807) is 13.0 Å². The van der Waals surface area contributed by atoms with Gasteiger partial charge in [0.15, 0.2) is 0 Å². The molecule has 2 rings (SSSR count). The number of nitriles is 1. The lowest BCUT2D eigenvalue weighted by Gasteiger charge is -2.11. The van der Waals surface area contributed by atoms with E-state index in [9.17, 15) is 4.79 Å². The lowest BCUT2D eigenvalue weighted by atomic mass is 9.99. The van der Waals surface area contributed by atoms with Crippen molar-refractivity contribution in [1.82, 2.24) is 5.32 Å². The molecule has 4 heteroatoms. The van der Waals surface area contributed by atoms with Crippen LogP contribution in [0.2, 0.25) is 0 Å². The Balaban J connectivity index is 2.08. The number of methoxy groups -OCH3 is 1. The molecule has 0 aromatic heterocycles. The molecule has 2 aromatic rings. The van der Waals surface area contributed by atoms with Crippen LogP contribution in [0.15, 0.2) is 48.5 Å². The maximum Gasteiger partial charge on any atom is 0.249 e. The molecule has 0 saturated heterocycles. The van der Waals surface area contributed by atoms with Gasteiger partial charge in [0.25, 0.3) is 0 Å². The summed E-state index contributed by atoms with van der Waals surface area (Å²) in [6.07, 6.45) is -0.457. The van der Waals surface area contributed by atoms with Crippen molar-refractivity contribution < 1.29 is 9.53 Å². The SMILES string of the molecule is CO[C@@H](C)C(=O)NCc1ccc(-c2ccccc2C#N)cc1. The Kier molecular flexibility index (Phi) is 5.29. The van der Waals surface area contributed by atoms with Gasteiger partial charge in [0.1, 0.15) is 6.10 Å². The van der Waals surface area contributed by atoms with Crippen LogP contribution < -0.4 is 5.32 Å². The monoisotopic (exact) mass is 294 g/mol. The summed E-state index contributed by atoms with van der Waals surface area (Å²) in [5, 5.41) is 12.0. The molecule has 22 heavy (non-hydrogen) atoms. The van der Waals surface area contributed by atoms with Crippen molar-refractivity contribution in [2.45, 2.75) is 19.6 Å². The third kappa shape index (κ3) is 3.72. The van der Waals surface area contributed by atoms with Crippen LogP contribution in [0.3, 0.4) is 0 Å². The quantitative estimate of drug-likeness (QED) is 0.922. The number of benzene rings is 2. The highest BCUT2D eigenvalue weighted by Crippen LogP contribution is 2.23. The number of nitrogens with zero attached hydrogens (tertiary/aromatic N) is 1. The molecular formula is C18H18N2O2. The normalized spacial score (nSPS) is 11.5. The molecule has 2 aromatic carbocycles. The van der Waals surface area contributed by atoms with Crippen LogP contribution in [0, 0.1) is 11.3 Å². The Morgan fingerprint density at radius 3 is 2.55 bits per heavy atom. The predicted octanol–water partition coefficient (Wildman–Crippen LogP) is 2.88. The number of rotatable bonds is 5. The van der Waals surface area contributed by atoms with E-state index >= 15 is 0 Å². The summed E-state index contributed by atoms with van der Waals surface area (Å²) >= 11 is 0. The highest BCUT2D eigenvalue weighted by atomic mass is 16.5. The van der Waals surface area contributed by atoms with Crippen LogP contribution in [0.4, 0.5) is 0 Å². The maximum atomic E-state index is 11.6. The second-order valence-corrected chi connectivity index (χ2v) is 4.95. The fourth-order valence-electron chi connectivity index (χ4n) is 2.07. The van der Waals surface area contributed by atoms with Crippen LogP contribution in [-0.2, 0) is 16.1 Å². The average Bonchev–Trinajstić information content (AvgIpc) is 2.59. The van der Waals surface area contributed by atoms with Crippen molar-refractivity contribution in [3.63, 3.8) is 0 Å². The molecular weight excluding hydrogens is 276 g/mol. The Morgan fingerprint density at radius 2 is 1.91 bits per heavy atom. The standard InChI is InChI=1S/C18H18N2O2/c1-13(22-2)18(21)20-12-14-7-9-15(10-8-14)17-6-4-3-5-16(17)11-19/h3-10,13H,12H2,1-2H3,(H,20,21)/t13-/m0/s1. The Bertz CT molecular complexity index is 687. The summed E-state index contributed by atoms with van der Waals surface area (Å²) < 4.78 is 4.96. The molecule has 0 spiro atoms. The minimum Gasteiger partial charge on any atom is -0.372 e. The molecule has 0 heterocycles. The summed E-state index contributed by atoms with van der Waals surface area (Å²) in [5.74, 6) is -0.138.